The van der Waals surface area contributed by atoms with Crippen LogP contribution in [0.2, 0.25) is 0 Å². The van der Waals surface area contributed by atoms with E-state index in [1.807, 2.05) is 19.1 Å². The highest BCUT2D eigenvalue weighted by Crippen LogP contribution is 2.38. The van der Waals surface area contributed by atoms with Crippen LogP contribution in [0.25, 0.3) is 0 Å². The summed E-state index contributed by atoms with van der Waals surface area (Å²) in [6, 6.07) is 12.5. The fourth-order valence-corrected chi connectivity index (χ4v) is 3.71. The molecule has 192 valence electrons. The van der Waals surface area contributed by atoms with Gasteiger partial charge in [-0.2, -0.15) is 0 Å². The topological polar surface area (TPSA) is 118 Å². The standard InChI is InChI=1S/C23H32N2O4.C2H2O4/c1-5-29-20-8-6-18(7-9-20)16-24-10-12-25(13-11-24)17-19-14-21(26-2)23(28-4)22(15-19)27-3;3-1(4)2(5)6/h6-9,14-15H,5,10-13,16-17H2,1-4H3;(H,3,4)(H,5,6). The highest BCUT2D eigenvalue weighted by molar-refractivity contribution is 6.27. The second-order valence-electron chi connectivity index (χ2n) is 7.77. The molecule has 1 aliphatic rings. The minimum atomic E-state index is -1.82. The quantitative estimate of drug-likeness (QED) is 0.508. The highest BCUT2D eigenvalue weighted by Gasteiger charge is 2.19. The Balaban J connectivity index is 0.000000641. The number of hydrogen-bond acceptors (Lipinski definition) is 8. The van der Waals surface area contributed by atoms with E-state index in [0.717, 1.165) is 45.0 Å². The molecule has 0 spiro atoms. The molecule has 0 saturated carbocycles. The van der Waals surface area contributed by atoms with Gasteiger partial charge < -0.3 is 29.2 Å². The summed E-state index contributed by atoms with van der Waals surface area (Å²) in [7, 11) is 4.94. The van der Waals surface area contributed by atoms with E-state index in [-0.39, 0.29) is 0 Å². The van der Waals surface area contributed by atoms with Gasteiger partial charge in [0, 0.05) is 39.3 Å². The Labute approximate surface area is 205 Å². The van der Waals surface area contributed by atoms with Gasteiger partial charge in [-0.25, -0.2) is 9.59 Å². The van der Waals surface area contributed by atoms with Gasteiger partial charge in [-0.1, -0.05) is 12.1 Å². The summed E-state index contributed by atoms with van der Waals surface area (Å²) in [5.41, 5.74) is 2.49. The molecule has 0 aromatic heterocycles. The Bertz CT molecular complexity index is 919. The van der Waals surface area contributed by atoms with Gasteiger partial charge in [-0.05, 0) is 42.3 Å². The number of nitrogens with zero attached hydrogens (tertiary/aromatic N) is 2. The van der Waals surface area contributed by atoms with Gasteiger partial charge in [-0.3, -0.25) is 9.80 Å². The number of carboxylic acids is 2. The van der Waals surface area contributed by atoms with Crippen molar-refractivity contribution < 1.29 is 38.7 Å². The molecule has 2 N–H and O–H groups in total. The van der Waals surface area contributed by atoms with Crippen molar-refractivity contribution in [3.05, 3.63) is 47.5 Å². The summed E-state index contributed by atoms with van der Waals surface area (Å²) in [4.78, 5) is 23.2. The number of rotatable bonds is 9. The minimum absolute atomic E-state index is 0.638. The van der Waals surface area contributed by atoms with Crippen LogP contribution < -0.4 is 18.9 Å². The Kier molecular flexibility index (Phi) is 11.1. The van der Waals surface area contributed by atoms with Crippen LogP contribution in [0.15, 0.2) is 36.4 Å². The molecule has 1 aliphatic heterocycles. The Morgan fingerprint density at radius 1 is 0.771 bits per heavy atom. The number of carboxylic acid groups (broad SMARTS) is 2. The van der Waals surface area contributed by atoms with Crippen LogP contribution in [-0.4, -0.2) is 86.1 Å². The molecule has 3 rings (SSSR count). The summed E-state index contributed by atoms with van der Waals surface area (Å²) in [5.74, 6) is -0.665. The largest absolute Gasteiger partial charge is 0.494 e. The molecule has 10 heteroatoms. The maximum Gasteiger partial charge on any atom is 0.414 e. The smallest absolute Gasteiger partial charge is 0.414 e. The molecule has 2 aromatic rings. The second-order valence-corrected chi connectivity index (χ2v) is 7.77. The zero-order chi connectivity index (χ0) is 25.8. The minimum Gasteiger partial charge on any atom is -0.494 e. The Hall–Kier alpha value is -3.50. The number of piperazine rings is 1. The molecule has 10 nitrogen and oxygen atoms in total. The predicted molar refractivity (Wildman–Crippen MR) is 130 cm³/mol. The molecule has 0 atom stereocenters. The van der Waals surface area contributed by atoms with Crippen LogP contribution in [0, 0.1) is 0 Å². The third-order valence-corrected chi connectivity index (χ3v) is 5.42. The molecule has 2 aromatic carbocycles. The first-order valence-corrected chi connectivity index (χ1v) is 11.2. The monoisotopic (exact) mass is 490 g/mol. The maximum atomic E-state index is 9.10. The first-order valence-electron chi connectivity index (χ1n) is 11.2. The molecular weight excluding hydrogens is 456 g/mol. The molecule has 0 unspecified atom stereocenters. The summed E-state index contributed by atoms with van der Waals surface area (Å²) in [5, 5.41) is 14.8. The van der Waals surface area contributed by atoms with Gasteiger partial charge in [0.15, 0.2) is 11.5 Å². The van der Waals surface area contributed by atoms with E-state index in [4.69, 9.17) is 38.7 Å². The number of methoxy groups -OCH3 is 3. The zero-order valence-electron chi connectivity index (χ0n) is 20.7. The van der Waals surface area contributed by atoms with Crippen molar-refractivity contribution in [2.24, 2.45) is 0 Å². The van der Waals surface area contributed by atoms with Crippen LogP contribution in [0.1, 0.15) is 18.1 Å². The van der Waals surface area contributed by atoms with E-state index in [9.17, 15) is 0 Å². The van der Waals surface area contributed by atoms with E-state index >= 15 is 0 Å². The molecular formula is C25H34N2O8. The Morgan fingerprint density at radius 3 is 1.60 bits per heavy atom. The van der Waals surface area contributed by atoms with Crippen molar-refractivity contribution in [1.29, 1.82) is 0 Å². The third-order valence-electron chi connectivity index (χ3n) is 5.42. The zero-order valence-corrected chi connectivity index (χ0v) is 20.7. The molecule has 35 heavy (non-hydrogen) atoms. The Morgan fingerprint density at radius 2 is 1.23 bits per heavy atom. The molecule has 1 heterocycles. The normalized spacial score (nSPS) is 13.8. The molecule has 1 saturated heterocycles. The van der Waals surface area contributed by atoms with Crippen molar-refractivity contribution >= 4 is 11.9 Å². The number of carbonyl (C=O) groups is 2. The first kappa shape index (κ1) is 27.7. The average molecular weight is 491 g/mol. The number of aliphatic carboxylic acids is 2. The average Bonchev–Trinajstić information content (AvgIpc) is 2.86. The first-order chi connectivity index (χ1) is 16.8. The van der Waals surface area contributed by atoms with Crippen molar-refractivity contribution in [3.63, 3.8) is 0 Å². The van der Waals surface area contributed by atoms with E-state index in [1.165, 1.54) is 11.1 Å². The van der Waals surface area contributed by atoms with Crippen LogP contribution in [0.3, 0.4) is 0 Å². The van der Waals surface area contributed by atoms with Gasteiger partial charge in [0.2, 0.25) is 5.75 Å². The molecule has 0 aliphatic carbocycles. The van der Waals surface area contributed by atoms with E-state index in [1.54, 1.807) is 21.3 Å². The summed E-state index contributed by atoms with van der Waals surface area (Å²) in [6.07, 6.45) is 0. The summed E-state index contributed by atoms with van der Waals surface area (Å²) < 4.78 is 21.9. The molecule has 0 amide bonds. The molecule has 0 bridgehead atoms. The SMILES string of the molecule is CCOc1ccc(CN2CCN(Cc3cc(OC)c(OC)c(OC)c3)CC2)cc1.O=C(O)C(=O)O. The number of ether oxygens (including phenoxy) is 4. The fourth-order valence-electron chi connectivity index (χ4n) is 3.71. The van der Waals surface area contributed by atoms with E-state index in [0.29, 0.717) is 23.9 Å². The van der Waals surface area contributed by atoms with Gasteiger partial charge >= 0.3 is 11.9 Å². The van der Waals surface area contributed by atoms with Crippen molar-refractivity contribution in [2.45, 2.75) is 20.0 Å². The predicted octanol–water partition coefficient (Wildman–Crippen LogP) is 2.58. The number of hydrogen-bond donors (Lipinski definition) is 2. The van der Waals surface area contributed by atoms with Crippen LogP contribution >= 0.6 is 0 Å². The van der Waals surface area contributed by atoms with Gasteiger partial charge in [0.05, 0.1) is 27.9 Å². The van der Waals surface area contributed by atoms with Crippen LogP contribution in [-0.2, 0) is 22.7 Å². The lowest BCUT2D eigenvalue weighted by Gasteiger charge is -2.35. The lowest BCUT2D eigenvalue weighted by atomic mass is 10.1. The van der Waals surface area contributed by atoms with E-state index in [2.05, 4.69) is 34.1 Å². The second kappa shape index (κ2) is 14.0. The van der Waals surface area contributed by atoms with Crippen LogP contribution in [0.4, 0.5) is 0 Å². The van der Waals surface area contributed by atoms with Gasteiger partial charge in [-0.15, -0.1) is 0 Å². The van der Waals surface area contributed by atoms with Gasteiger partial charge in [0.1, 0.15) is 5.75 Å². The highest BCUT2D eigenvalue weighted by atomic mass is 16.5. The maximum absolute atomic E-state index is 9.10. The summed E-state index contributed by atoms with van der Waals surface area (Å²) in [6.45, 7) is 8.73. The van der Waals surface area contributed by atoms with Gasteiger partial charge in [0.25, 0.3) is 0 Å². The lowest BCUT2D eigenvalue weighted by Crippen LogP contribution is -2.45. The lowest BCUT2D eigenvalue weighted by molar-refractivity contribution is -0.159. The van der Waals surface area contributed by atoms with Crippen molar-refractivity contribution in [2.75, 3.05) is 54.1 Å². The van der Waals surface area contributed by atoms with Crippen molar-refractivity contribution in [1.82, 2.24) is 9.80 Å². The van der Waals surface area contributed by atoms with E-state index < -0.39 is 11.9 Å². The fraction of sp³-hybridized carbons (Fsp3) is 0.440. The summed E-state index contributed by atoms with van der Waals surface area (Å²) >= 11 is 0. The third kappa shape index (κ3) is 8.66. The molecule has 1 fully saturated rings. The van der Waals surface area contributed by atoms with Crippen LogP contribution in [0.5, 0.6) is 23.0 Å². The molecule has 0 radical (unpaired) electrons. The number of benzene rings is 2. The van der Waals surface area contributed by atoms with Crippen molar-refractivity contribution in [3.8, 4) is 23.0 Å².